The van der Waals surface area contributed by atoms with Crippen LogP contribution in [0, 0.1) is 0 Å². The third-order valence-corrected chi connectivity index (χ3v) is 7.39. The Balaban J connectivity index is 0.00000243. The minimum absolute atomic E-state index is 0. The van der Waals surface area contributed by atoms with Crippen LogP contribution >= 0.6 is 12.4 Å². The molecule has 0 bridgehead atoms. The van der Waals surface area contributed by atoms with Crippen LogP contribution in [0.5, 0.6) is 0 Å². The summed E-state index contributed by atoms with van der Waals surface area (Å²) in [7, 11) is -3.40. The van der Waals surface area contributed by atoms with Crippen molar-refractivity contribution in [1.82, 2.24) is 18.8 Å². The van der Waals surface area contributed by atoms with Crippen molar-refractivity contribution in [2.75, 3.05) is 52.4 Å². The van der Waals surface area contributed by atoms with E-state index in [1.165, 1.54) is 4.31 Å². The van der Waals surface area contributed by atoms with E-state index in [1.54, 1.807) is 9.21 Å². The Morgan fingerprint density at radius 1 is 0.962 bits per heavy atom. The van der Waals surface area contributed by atoms with Crippen LogP contribution in [-0.4, -0.2) is 92.4 Å². The third kappa shape index (κ3) is 4.88. The van der Waals surface area contributed by atoms with Gasteiger partial charge in [0.05, 0.1) is 12.7 Å². The first-order valence-electron chi connectivity index (χ1n) is 9.39. The normalized spacial score (nSPS) is 29.7. The van der Waals surface area contributed by atoms with Gasteiger partial charge in [-0.25, -0.2) is 0 Å². The van der Waals surface area contributed by atoms with E-state index >= 15 is 0 Å². The quantitative estimate of drug-likeness (QED) is 0.711. The number of nitrogens with one attached hydrogen (secondary N) is 1. The largest absolute Gasteiger partial charge is 0.375 e. The molecule has 0 aromatic rings. The van der Waals surface area contributed by atoms with Gasteiger partial charge in [-0.2, -0.15) is 17.0 Å². The fourth-order valence-corrected chi connectivity index (χ4v) is 5.45. The minimum Gasteiger partial charge on any atom is -0.375 e. The molecule has 8 nitrogen and oxygen atoms in total. The van der Waals surface area contributed by atoms with Crippen molar-refractivity contribution in [2.45, 2.75) is 44.8 Å². The highest BCUT2D eigenvalue weighted by Gasteiger charge is 2.37. The van der Waals surface area contributed by atoms with E-state index in [4.69, 9.17) is 4.74 Å². The van der Waals surface area contributed by atoms with Gasteiger partial charge in [0, 0.05) is 45.8 Å². The van der Waals surface area contributed by atoms with Crippen molar-refractivity contribution in [3.05, 3.63) is 0 Å². The van der Waals surface area contributed by atoms with Crippen molar-refractivity contribution in [1.29, 1.82) is 0 Å². The van der Waals surface area contributed by atoms with Crippen LogP contribution in [-0.2, 0) is 19.7 Å². The molecule has 3 heterocycles. The van der Waals surface area contributed by atoms with Gasteiger partial charge in [0.2, 0.25) is 5.91 Å². The number of hydrogen-bond donors (Lipinski definition) is 1. The van der Waals surface area contributed by atoms with Crippen molar-refractivity contribution in [2.24, 2.45) is 0 Å². The Kier molecular flexibility index (Phi) is 8.11. The van der Waals surface area contributed by atoms with Crippen LogP contribution in [0.3, 0.4) is 0 Å². The molecule has 0 aromatic heterocycles. The Hall–Kier alpha value is -0.450. The molecule has 10 heteroatoms. The Labute approximate surface area is 162 Å². The Morgan fingerprint density at radius 2 is 1.54 bits per heavy atom. The number of hydrogen-bond acceptors (Lipinski definition) is 5. The van der Waals surface area contributed by atoms with Gasteiger partial charge in [-0.15, -0.1) is 12.4 Å². The molecule has 0 saturated carbocycles. The maximum Gasteiger partial charge on any atom is 0.282 e. The Morgan fingerprint density at radius 3 is 2.12 bits per heavy atom. The molecule has 0 spiro atoms. The topological polar surface area (TPSA) is 82.2 Å². The second-order valence-electron chi connectivity index (χ2n) is 7.05. The highest BCUT2D eigenvalue weighted by molar-refractivity contribution is 7.86. The molecule has 26 heavy (non-hydrogen) atoms. The monoisotopic (exact) mass is 410 g/mol. The second-order valence-corrected chi connectivity index (χ2v) is 8.98. The first-order chi connectivity index (χ1) is 12.0. The Bertz CT molecular complexity index is 561. The summed E-state index contributed by atoms with van der Waals surface area (Å²) >= 11 is 0. The van der Waals surface area contributed by atoms with E-state index in [2.05, 4.69) is 5.32 Å². The fourth-order valence-electron chi connectivity index (χ4n) is 3.78. The predicted molar refractivity (Wildman–Crippen MR) is 102 cm³/mol. The van der Waals surface area contributed by atoms with Crippen molar-refractivity contribution < 1.29 is 17.9 Å². The molecule has 0 radical (unpaired) electrons. The lowest BCUT2D eigenvalue weighted by atomic mass is 10.1. The number of piperazine rings is 1. The summed E-state index contributed by atoms with van der Waals surface area (Å²) in [4.78, 5) is 14.4. The van der Waals surface area contributed by atoms with E-state index in [9.17, 15) is 13.2 Å². The van der Waals surface area contributed by atoms with E-state index in [0.717, 1.165) is 25.7 Å². The van der Waals surface area contributed by atoms with Gasteiger partial charge in [0.15, 0.2) is 0 Å². The average Bonchev–Trinajstić information content (AvgIpc) is 2.92. The molecule has 1 amide bonds. The molecule has 3 fully saturated rings. The number of halogens is 1. The zero-order chi connectivity index (χ0) is 17.9. The van der Waals surface area contributed by atoms with Gasteiger partial charge in [-0.1, -0.05) is 12.8 Å². The fraction of sp³-hybridized carbons (Fsp3) is 0.938. The van der Waals surface area contributed by atoms with Crippen molar-refractivity contribution in [3.8, 4) is 0 Å². The van der Waals surface area contributed by atoms with E-state index in [1.807, 2.05) is 6.92 Å². The van der Waals surface area contributed by atoms with E-state index in [0.29, 0.717) is 52.4 Å². The van der Waals surface area contributed by atoms with Gasteiger partial charge >= 0.3 is 0 Å². The van der Waals surface area contributed by atoms with E-state index in [-0.39, 0.29) is 30.5 Å². The highest BCUT2D eigenvalue weighted by atomic mass is 35.5. The molecule has 3 aliphatic heterocycles. The second kappa shape index (κ2) is 9.66. The lowest BCUT2D eigenvalue weighted by Gasteiger charge is -2.39. The molecule has 0 aromatic carbocycles. The minimum atomic E-state index is -3.40. The molecular formula is C16H31ClN4O4S. The van der Waals surface area contributed by atoms with Crippen LogP contribution in [0.25, 0.3) is 0 Å². The van der Waals surface area contributed by atoms with Crippen LogP contribution in [0.2, 0.25) is 0 Å². The summed E-state index contributed by atoms with van der Waals surface area (Å²) in [5.74, 6) is 0.0130. The molecule has 3 saturated heterocycles. The number of carbonyl (C=O) groups is 1. The summed E-state index contributed by atoms with van der Waals surface area (Å²) in [5.41, 5.74) is 0. The first-order valence-corrected chi connectivity index (χ1v) is 10.8. The smallest absolute Gasteiger partial charge is 0.282 e. The standard InChI is InChI=1S/C16H30N4O4S.ClH/c1-14-15(17-6-13-24-14)16(21)18-9-11-20(12-10-18)25(22,23)19-7-4-2-3-5-8-19;/h14-15,17H,2-13H2,1H3;1H/t14-,15+;/m1./s1. The summed E-state index contributed by atoms with van der Waals surface area (Å²) in [6.45, 7) is 6.03. The summed E-state index contributed by atoms with van der Waals surface area (Å²) in [5, 5.41) is 3.21. The first kappa shape index (κ1) is 21.8. The van der Waals surface area contributed by atoms with Gasteiger partial charge in [0.25, 0.3) is 10.2 Å². The van der Waals surface area contributed by atoms with Crippen LogP contribution in [0.15, 0.2) is 0 Å². The molecule has 0 unspecified atom stereocenters. The lowest BCUT2D eigenvalue weighted by Crippen LogP contribution is -2.60. The number of carbonyl (C=O) groups excluding carboxylic acids is 1. The molecule has 3 aliphatic rings. The zero-order valence-corrected chi connectivity index (χ0v) is 17.1. The van der Waals surface area contributed by atoms with Gasteiger partial charge in [-0.05, 0) is 19.8 Å². The molecule has 1 N–H and O–H groups in total. The SMILES string of the molecule is C[C@H]1OCCN[C@@H]1C(=O)N1CCN(S(=O)(=O)N2CCCCCC2)CC1.Cl. The van der Waals surface area contributed by atoms with Crippen LogP contribution in [0.4, 0.5) is 0 Å². The number of morpholine rings is 1. The summed E-state index contributed by atoms with van der Waals surface area (Å²) < 4.78 is 34.4. The van der Waals surface area contributed by atoms with Crippen LogP contribution in [0.1, 0.15) is 32.6 Å². The van der Waals surface area contributed by atoms with Gasteiger partial charge < -0.3 is 15.0 Å². The van der Waals surface area contributed by atoms with Crippen molar-refractivity contribution >= 4 is 28.5 Å². The number of amides is 1. The molecule has 2 atom stereocenters. The average molecular weight is 411 g/mol. The maximum atomic E-state index is 12.8. The molecule has 3 rings (SSSR count). The van der Waals surface area contributed by atoms with Crippen LogP contribution < -0.4 is 5.32 Å². The maximum absolute atomic E-state index is 12.8. The lowest BCUT2D eigenvalue weighted by molar-refractivity contribution is -0.140. The predicted octanol–water partition coefficient (Wildman–Crippen LogP) is 0.0501. The number of nitrogens with zero attached hydrogens (tertiary/aromatic N) is 3. The van der Waals surface area contributed by atoms with Gasteiger partial charge in [0.1, 0.15) is 6.04 Å². The zero-order valence-electron chi connectivity index (χ0n) is 15.4. The highest BCUT2D eigenvalue weighted by Crippen LogP contribution is 2.18. The molecule has 152 valence electrons. The third-order valence-electron chi connectivity index (χ3n) is 5.35. The molecule has 0 aliphatic carbocycles. The number of ether oxygens (including phenoxy) is 1. The summed E-state index contributed by atoms with van der Waals surface area (Å²) in [6.07, 6.45) is 3.91. The van der Waals surface area contributed by atoms with E-state index < -0.39 is 10.2 Å². The van der Waals surface area contributed by atoms with Crippen molar-refractivity contribution in [3.63, 3.8) is 0 Å². The number of rotatable bonds is 3. The van der Waals surface area contributed by atoms with Gasteiger partial charge in [-0.3, -0.25) is 4.79 Å². The molecular weight excluding hydrogens is 380 g/mol. The summed E-state index contributed by atoms with van der Waals surface area (Å²) in [6, 6.07) is -0.331.